The maximum atomic E-state index is 14.0. The van der Waals surface area contributed by atoms with Crippen LogP contribution in [0.5, 0.6) is 0 Å². The van der Waals surface area contributed by atoms with Crippen LogP contribution in [0.4, 0.5) is 0 Å². The number of nitrogens with one attached hydrogen (secondary N) is 5. The first kappa shape index (κ1) is 44.9. The minimum Gasteiger partial charge on any atom is -0.480 e. The summed E-state index contributed by atoms with van der Waals surface area (Å²) in [5.41, 5.74) is 6.41. The molecule has 1 aliphatic rings. The SMILES string of the molecule is CC(C)C[C@H](NC(=O)[C@H](C)NC(=O)[C@H](Cc1ccccc1)NC(=O)[C@@H]1CCCN1C(=O)[C@H](CC(C)C)NC(=O)[C@H](CS)NC(=O)[C@@H](N)[C@@H](C)O)C(=O)O. The third kappa shape index (κ3) is 14.3. The Morgan fingerprint density at radius 2 is 1.32 bits per heavy atom. The molecule has 2 rings (SSSR count). The van der Waals surface area contributed by atoms with E-state index in [-0.39, 0.29) is 49.8 Å². The number of benzene rings is 1. The second-order valence-electron chi connectivity index (χ2n) is 14.4. The summed E-state index contributed by atoms with van der Waals surface area (Å²) >= 11 is 4.17. The Labute approximate surface area is 316 Å². The summed E-state index contributed by atoms with van der Waals surface area (Å²) in [6.07, 6.45) is 0.0656. The highest BCUT2D eigenvalue weighted by Crippen LogP contribution is 2.21. The molecular formula is C36H57N7O9S. The van der Waals surface area contributed by atoms with E-state index in [1.54, 1.807) is 30.3 Å². The summed E-state index contributed by atoms with van der Waals surface area (Å²) in [6.45, 7) is 10.3. The van der Waals surface area contributed by atoms with Gasteiger partial charge in [-0.15, -0.1) is 0 Å². The highest BCUT2D eigenvalue weighted by Gasteiger charge is 2.40. The molecular weight excluding hydrogens is 707 g/mol. The first-order chi connectivity index (χ1) is 24.9. The van der Waals surface area contributed by atoms with E-state index in [2.05, 4.69) is 39.2 Å². The van der Waals surface area contributed by atoms with Crippen LogP contribution in [-0.4, -0.2) is 117 Å². The Kier molecular flexibility index (Phi) is 18.2. The van der Waals surface area contributed by atoms with Crippen molar-refractivity contribution in [3.05, 3.63) is 35.9 Å². The predicted molar refractivity (Wildman–Crippen MR) is 200 cm³/mol. The minimum atomic E-state index is -1.28. The van der Waals surface area contributed by atoms with Crippen molar-refractivity contribution in [2.75, 3.05) is 12.3 Å². The zero-order valence-corrected chi connectivity index (χ0v) is 32.2. The Morgan fingerprint density at radius 1 is 0.774 bits per heavy atom. The number of carbonyl (C=O) groups excluding carboxylic acids is 6. The van der Waals surface area contributed by atoms with Crippen LogP contribution in [0.2, 0.25) is 0 Å². The molecule has 6 amide bonds. The molecule has 0 spiro atoms. The molecule has 296 valence electrons. The summed E-state index contributed by atoms with van der Waals surface area (Å²) in [5, 5.41) is 32.2. The summed E-state index contributed by atoms with van der Waals surface area (Å²) in [5.74, 6) is -5.35. The summed E-state index contributed by atoms with van der Waals surface area (Å²) < 4.78 is 0. The monoisotopic (exact) mass is 763 g/mol. The van der Waals surface area contributed by atoms with E-state index in [0.717, 1.165) is 0 Å². The third-order valence-corrected chi connectivity index (χ3v) is 9.15. The highest BCUT2D eigenvalue weighted by molar-refractivity contribution is 7.80. The van der Waals surface area contributed by atoms with Crippen LogP contribution in [0.15, 0.2) is 30.3 Å². The van der Waals surface area contributed by atoms with E-state index in [9.17, 15) is 43.8 Å². The highest BCUT2D eigenvalue weighted by atomic mass is 32.1. The van der Waals surface area contributed by atoms with Gasteiger partial charge in [-0.3, -0.25) is 28.8 Å². The van der Waals surface area contributed by atoms with Crippen LogP contribution in [0.3, 0.4) is 0 Å². The van der Waals surface area contributed by atoms with Crippen molar-refractivity contribution < 1.29 is 43.8 Å². The number of nitrogens with two attached hydrogens (primary N) is 1. The quantitative estimate of drug-likeness (QED) is 0.0769. The summed E-state index contributed by atoms with van der Waals surface area (Å²) in [4.78, 5) is 93.1. The van der Waals surface area contributed by atoms with Gasteiger partial charge < -0.3 is 47.4 Å². The number of amides is 6. The summed E-state index contributed by atoms with van der Waals surface area (Å²) in [7, 11) is 0. The number of likely N-dealkylation sites (tertiary alicyclic amines) is 1. The summed E-state index contributed by atoms with van der Waals surface area (Å²) in [6, 6.07) is 0.961. The molecule has 1 aromatic carbocycles. The molecule has 0 radical (unpaired) electrons. The molecule has 0 bridgehead atoms. The van der Waals surface area contributed by atoms with Crippen molar-refractivity contribution in [3.63, 3.8) is 0 Å². The van der Waals surface area contributed by atoms with Gasteiger partial charge in [-0.25, -0.2) is 4.79 Å². The van der Waals surface area contributed by atoms with Gasteiger partial charge in [0.1, 0.15) is 42.3 Å². The number of aliphatic carboxylic acids is 1. The number of hydrogen-bond donors (Lipinski definition) is 9. The number of carbonyl (C=O) groups is 7. The second-order valence-corrected chi connectivity index (χ2v) is 14.8. The standard InChI is InChI=1S/C36H57N7O9S/c1-19(2)15-25(40-32(47)27(18-53)42-34(49)29(37)22(6)44)35(50)43-14-10-13-28(43)33(48)39-24(17-23-11-8-7-9-12-23)31(46)38-21(5)30(45)41-26(36(51)52)16-20(3)4/h7-9,11-12,19-22,24-29,44,53H,10,13-18,37H2,1-6H3,(H,38,46)(H,39,48)(H,40,47)(H,41,45)(H,42,49)(H,51,52)/t21-,22+,24-,25-,26-,27-,28-,29-/m0/s1. The fraction of sp³-hybridized carbons (Fsp3) is 0.639. The Balaban J connectivity index is 2.25. The first-order valence-electron chi connectivity index (χ1n) is 18.0. The fourth-order valence-corrected chi connectivity index (χ4v) is 6.10. The zero-order chi connectivity index (χ0) is 40.0. The number of thiol groups is 1. The second kappa shape index (κ2) is 21.5. The van der Waals surface area contributed by atoms with E-state index in [4.69, 9.17) is 5.73 Å². The van der Waals surface area contributed by atoms with Crippen molar-refractivity contribution >= 4 is 54.0 Å². The van der Waals surface area contributed by atoms with Crippen molar-refractivity contribution in [2.24, 2.45) is 17.6 Å². The largest absolute Gasteiger partial charge is 0.480 e. The number of hydrogen-bond acceptors (Lipinski definition) is 10. The molecule has 8 atom stereocenters. The zero-order valence-electron chi connectivity index (χ0n) is 31.3. The first-order valence-corrected chi connectivity index (χ1v) is 18.6. The molecule has 1 aromatic rings. The maximum Gasteiger partial charge on any atom is 0.326 e. The molecule has 0 aliphatic carbocycles. The number of aliphatic hydroxyl groups excluding tert-OH is 1. The van der Waals surface area contributed by atoms with Crippen LogP contribution in [-0.2, 0) is 40.0 Å². The average Bonchev–Trinajstić information content (AvgIpc) is 3.59. The van der Waals surface area contributed by atoms with E-state index >= 15 is 0 Å². The van der Waals surface area contributed by atoms with Gasteiger partial charge in [0.2, 0.25) is 35.4 Å². The van der Waals surface area contributed by atoms with Crippen LogP contribution in [0, 0.1) is 11.8 Å². The molecule has 1 fully saturated rings. The third-order valence-electron chi connectivity index (χ3n) is 8.79. The molecule has 0 unspecified atom stereocenters. The van der Waals surface area contributed by atoms with Crippen molar-refractivity contribution in [1.29, 1.82) is 0 Å². The van der Waals surface area contributed by atoms with E-state index in [0.29, 0.717) is 12.0 Å². The van der Waals surface area contributed by atoms with Crippen LogP contribution >= 0.6 is 12.6 Å². The minimum absolute atomic E-state index is 0.00999. The van der Waals surface area contributed by atoms with E-state index in [1.807, 2.05) is 27.7 Å². The molecule has 53 heavy (non-hydrogen) atoms. The van der Waals surface area contributed by atoms with Gasteiger partial charge in [-0.2, -0.15) is 12.6 Å². The maximum absolute atomic E-state index is 14.0. The molecule has 0 aromatic heterocycles. The van der Waals surface area contributed by atoms with Crippen molar-refractivity contribution in [2.45, 2.75) is 122 Å². The topological polar surface area (TPSA) is 249 Å². The lowest BCUT2D eigenvalue weighted by atomic mass is 10.0. The Hall–Kier alpha value is -4.22. The fourth-order valence-electron chi connectivity index (χ4n) is 5.85. The van der Waals surface area contributed by atoms with E-state index < -0.39 is 89.8 Å². The van der Waals surface area contributed by atoms with Gasteiger partial charge in [-0.1, -0.05) is 58.0 Å². The van der Waals surface area contributed by atoms with Gasteiger partial charge >= 0.3 is 5.97 Å². The lowest BCUT2D eigenvalue weighted by Gasteiger charge is -2.31. The lowest BCUT2D eigenvalue weighted by Crippen LogP contribution is -2.60. The van der Waals surface area contributed by atoms with Crippen LogP contribution in [0.1, 0.15) is 72.8 Å². The molecule has 16 nitrogen and oxygen atoms in total. The smallest absolute Gasteiger partial charge is 0.326 e. The van der Waals surface area contributed by atoms with Gasteiger partial charge in [0.15, 0.2) is 0 Å². The molecule has 17 heteroatoms. The normalized spacial score (nSPS) is 18.2. The molecule has 1 saturated heterocycles. The van der Waals surface area contributed by atoms with Gasteiger partial charge in [0.05, 0.1) is 6.10 Å². The Morgan fingerprint density at radius 3 is 1.87 bits per heavy atom. The number of nitrogens with zero attached hydrogens (tertiary/aromatic N) is 1. The average molecular weight is 764 g/mol. The Bertz CT molecular complexity index is 1430. The van der Waals surface area contributed by atoms with Gasteiger partial charge in [0.25, 0.3) is 0 Å². The van der Waals surface area contributed by atoms with Gasteiger partial charge in [0, 0.05) is 18.7 Å². The van der Waals surface area contributed by atoms with Gasteiger partial charge in [-0.05, 0) is 56.9 Å². The molecule has 1 aliphatic heterocycles. The van der Waals surface area contributed by atoms with E-state index in [1.165, 1.54) is 18.7 Å². The number of aliphatic hydroxyl groups is 1. The number of carboxylic acids is 1. The van der Waals surface area contributed by atoms with Crippen molar-refractivity contribution in [3.8, 4) is 0 Å². The molecule has 9 N–H and O–H groups in total. The predicted octanol–water partition coefficient (Wildman–Crippen LogP) is -0.521. The van der Waals surface area contributed by atoms with Crippen molar-refractivity contribution in [1.82, 2.24) is 31.5 Å². The molecule has 0 saturated carbocycles. The number of rotatable bonds is 20. The van der Waals surface area contributed by atoms with Crippen LogP contribution in [0.25, 0.3) is 0 Å². The lowest BCUT2D eigenvalue weighted by molar-refractivity contribution is -0.143. The number of carboxylic acid groups (broad SMARTS) is 1. The molecule has 1 heterocycles. The van der Waals surface area contributed by atoms with Crippen LogP contribution < -0.4 is 32.3 Å².